The molecule has 0 aliphatic rings. The number of carbonyl (C=O) groups is 1. The predicted molar refractivity (Wildman–Crippen MR) is 77.6 cm³/mol. The fourth-order valence-electron chi connectivity index (χ4n) is 1.76. The van der Waals surface area contributed by atoms with Gasteiger partial charge in [0.1, 0.15) is 0 Å². The van der Waals surface area contributed by atoms with E-state index >= 15 is 0 Å². The molecule has 0 saturated carbocycles. The van der Waals surface area contributed by atoms with Crippen LogP contribution in [-0.4, -0.2) is 9.68 Å². The van der Waals surface area contributed by atoms with Crippen LogP contribution in [-0.2, 0) is 17.5 Å². The molecule has 0 radical (unpaired) electrons. The number of rotatable bonds is 4. The molecule has 116 valence electrons. The largest absolute Gasteiger partial charge is 0.417 e. The zero-order chi connectivity index (χ0) is 16.2. The van der Waals surface area contributed by atoms with Gasteiger partial charge in [0.25, 0.3) is 5.56 Å². The summed E-state index contributed by atoms with van der Waals surface area (Å²) in [4.78, 5) is 24.1. The Labute approximate surface area is 128 Å². The number of pyridine rings is 1. The zero-order valence-electron chi connectivity index (χ0n) is 11.3. The highest BCUT2D eigenvalue weighted by Crippen LogP contribution is 2.28. The van der Waals surface area contributed by atoms with Crippen molar-refractivity contribution in [2.24, 2.45) is 0 Å². The lowest BCUT2D eigenvalue weighted by molar-refractivity contribution is -0.138. The second kappa shape index (κ2) is 6.83. The van der Waals surface area contributed by atoms with Gasteiger partial charge in [0, 0.05) is 30.1 Å². The monoisotopic (exact) mass is 327 g/mol. The first-order valence-electron chi connectivity index (χ1n) is 6.40. The Hall–Kier alpha value is -2.02. The van der Waals surface area contributed by atoms with E-state index in [0.717, 1.165) is 39.6 Å². The Kier molecular flexibility index (Phi) is 5.07. The minimum atomic E-state index is -4.52. The summed E-state index contributed by atoms with van der Waals surface area (Å²) in [6, 6.07) is 10.5. The molecule has 0 N–H and O–H groups in total. The van der Waals surface area contributed by atoms with Crippen molar-refractivity contribution in [2.75, 3.05) is 0 Å². The highest BCUT2D eigenvalue weighted by Gasteiger charge is 2.31. The summed E-state index contributed by atoms with van der Waals surface area (Å²) >= 11 is 1.00. The van der Waals surface area contributed by atoms with Gasteiger partial charge in [-0.15, -0.1) is 0 Å². The zero-order valence-corrected chi connectivity index (χ0v) is 12.2. The van der Waals surface area contributed by atoms with Crippen LogP contribution in [0.3, 0.4) is 0 Å². The van der Waals surface area contributed by atoms with E-state index in [9.17, 15) is 22.8 Å². The van der Waals surface area contributed by atoms with Crippen LogP contribution in [0.4, 0.5) is 13.2 Å². The van der Waals surface area contributed by atoms with Crippen LogP contribution in [0.15, 0.2) is 58.4 Å². The molecule has 1 heterocycles. The fourth-order valence-corrected chi connectivity index (χ4v) is 2.51. The molecule has 1 aromatic carbocycles. The van der Waals surface area contributed by atoms with Crippen molar-refractivity contribution in [2.45, 2.75) is 24.0 Å². The van der Waals surface area contributed by atoms with Crippen LogP contribution in [0.25, 0.3) is 0 Å². The third kappa shape index (κ3) is 4.49. The number of aryl methyl sites for hydroxylation is 1. The summed E-state index contributed by atoms with van der Waals surface area (Å²) in [7, 11) is 0. The first kappa shape index (κ1) is 16.4. The summed E-state index contributed by atoms with van der Waals surface area (Å²) in [5.41, 5.74) is -1.47. The van der Waals surface area contributed by atoms with Gasteiger partial charge in [-0.1, -0.05) is 30.0 Å². The summed E-state index contributed by atoms with van der Waals surface area (Å²) < 4.78 is 38.7. The molecule has 0 atom stereocenters. The second-order valence-electron chi connectivity index (χ2n) is 4.48. The van der Waals surface area contributed by atoms with E-state index in [1.807, 2.05) is 6.07 Å². The molecule has 0 spiro atoms. The van der Waals surface area contributed by atoms with Crippen LogP contribution in [0, 0.1) is 0 Å². The Bertz CT molecular complexity index is 711. The molecule has 0 aliphatic carbocycles. The third-order valence-electron chi connectivity index (χ3n) is 2.84. The Balaban J connectivity index is 2.02. The number of carbonyl (C=O) groups excluding carboxylic acids is 1. The molecular formula is C15H12F3NO2S. The predicted octanol–water partition coefficient (Wildman–Crippen LogP) is 3.58. The third-order valence-corrected chi connectivity index (χ3v) is 3.78. The number of nitrogens with zero attached hydrogens (tertiary/aromatic N) is 1. The van der Waals surface area contributed by atoms with Gasteiger partial charge in [-0.25, -0.2) is 0 Å². The highest BCUT2D eigenvalue weighted by molar-refractivity contribution is 8.13. The van der Waals surface area contributed by atoms with Gasteiger partial charge in [-0.05, 0) is 18.2 Å². The topological polar surface area (TPSA) is 39.1 Å². The molecule has 2 aromatic rings. The van der Waals surface area contributed by atoms with E-state index in [-0.39, 0.29) is 18.1 Å². The number of hydrogen-bond acceptors (Lipinski definition) is 3. The lowest BCUT2D eigenvalue weighted by atomic mass is 10.2. The highest BCUT2D eigenvalue weighted by atomic mass is 32.2. The van der Waals surface area contributed by atoms with Crippen LogP contribution >= 0.6 is 11.8 Å². The first-order chi connectivity index (χ1) is 10.4. The summed E-state index contributed by atoms with van der Waals surface area (Å²) in [6.07, 6.45) is -3.80. The molecule has 0 aliphatic heterocycles. The van der Waals surface area contributed by atoms with E-state index in [1.54, 1.807) is 24.3 Å². The van der Waals surface area contributed by atoms with Crippen molar-refractivity contribution < 1.29 is 18.0 Å². The van der Waals surface area contributed by atoms with E-state index in [1.165, 1.54) is 0 Å². The maximum Gasteiger partial charge on any atom is 0.417 e. The van der Waals surface area contributed by atoms with Crippen molar-refractivity contribution in [3.8, 4) is 0 Å². The molecule has 0 amide bonds. The first-order valence-corrected chi connectivity index (χ1v) is 7.21. The number of halogens is 3. The fraction of sp³-hybridized carbons (Fsp3) is 0.200. The number of hydrogen-bond donors (Lipinski definition) is 0. The Morgan fingerprint density at radius 2 is 1.77 bits per heavy atom. The number of benzene rings is 1. The maximum absolute atomic E-state index is 12.6. The quantitative estimate of drug-likeness (QED) is 0.806. The van der Waals surface area contributed by atoms with Crippen LogP contribution in [0.2, 0.25) is 0 Å². The molecule has 2 rings (SSSR count). The SMILES string of the molecule is O=C(CCn1cc(C(F)(F)F)ccc1=O)Sc1ccccc1. The van der Waals surface area contributed by atoms with E-state index in [0.29, 0.717) is 0 Å². The van der Waals surface area contributed by atoms with Crippen LogP contribution in [0.1, 0.15) is 12.0 Å². The van der Waals surface area contributed by atoms with Gasteiger partial charge in [-0.3, -0.25) is 9.59 Å². The van der Waals surface area contributed by atoms with Crippen LogP contribution in [0.5, 0.6) is 0 Å². The summed E-state index contributed by atoms with van der Waals surface area (Å²) in [5, 5.41) is -0.212. The van der Waals surface area contributed by atoms with Gasteiger partial charge < -0.3 is 4.57 Å². The summed E-state index contributed by atoms with van der Waals surface area (Å²) in [5.74, 6) is 0. The molecule has 3 nitrogen and oxygen atoms in total. The Morgan fingerprint density at radius 3 is 2.41 bits per heavy atom. The van der Waals surface area contributed by atoms with Gasteiger partial charge in [-0.2, -0.15) is 13.2 Å². The molecular weight excluding hydrogens is 315 g/mol. The molecule has 7 heteroatoms. The second-order valence-corrected chi connectivity index (χ2v) is 5.62. The van der Waals surface area contributed by atoms with Crippen molar-refractivity contribution in [1.82, 2.24) is 4.57 Å². The lowest BCUT2D eigenvalue weighted by Gasteiger charge is -2.10. The lowest BCUT2D eigenvalue weighted by Crippen LogP contribution is -2.22. The van der Waals surface area contributed by atoms with Crippen LogP contribution < -0.4 is 5.56 Å². The Morgan fingerprint density at radius 1 is 1.09 bits per heavy atom. The smallest absolute Gasteiger partial charge is 0.314 e. The average molecular weight is 327 g/mol. The minimum absolute atomic E-state index is 0.0270. The van der Waals surface area contributed by atoms with Crippen molar-refractivity contribution in [1.29, 1.82) is 0 Å². The van der Waals surface area contributed by atoms with Crippen molar-refractivity contribution >= 4 is 16.9 Å². The standard InChI is InChI=1S/C15H12F3NO2S/c16-15(17,18)11-6-7-13(20)19(10-11)9-8-14(21)22-12-4-2-1-3-5-12/h1-7,10H,8-9H2. The van der Waals surface area contributed by atoms with Gasteiger partial charge in [0.2, 0.25) is 0 Å². The van der Waals surface area contributed by atoms with Gasteiger partial charge in [0.15, 0.2) is 5.12 Å². The van der Waals surface area contributed by atoms with E-state index < -0.39 is 17.3 Å². The summed E-state index contributed by atoms with van der Waals surface area (Å²) in [6.45, 7) is -0.0819. The normalized spacial score (nSPS) is 11.4. The number of thioether (sulfide) groups is 1. The number of aromatic nitrogens is 1. The molecule has 22 heavy (non-hydrogen) atoms. The number of alkyl halides is 3. The minimum Gasteiger partial charge on any atom is -0.314 e. The van der Waals surface area contributed by atoms with Crippen molar-refractivity contribution in [3.05, 3.63) is 64.6 Å². The van der Waals surface area contributed by atoms with E-state index in [4.69, 9.17) is 0 Å². The molecule has 0 bridgehead atoms. The maximum atomic E-state index is 12.6. The molecule has 0 saturated heterocycles. The molecule has 0 unspecified atom stereocenters. The van der Waals surface area contributed by atoms with E-state index in [2.05, 4.69) is 0 Å². The molecule has 1 aromatic heterocycles. The van der Waals surface area contributed by atoms with Crippen molar-refractivity contribution in [3.63, 3.8) is 0 Å². The van der Waals surface area contributed by atoms with Gasteiger partial charge >= 0.3 is 6.18 Å². The molecule has 0 fully saturated rings. The van der Waals surface area contributed by atoms with Gasteiger partial charge in [0.05, 0.1) is 5.56 Å². The average Bonchev–Trinajstić information content (AvgIpc) is 2.46.